The van der Waals surface area contributed by atoms with Gasteiger partial charge in [-0.2, -0.15) is 5.10 Å². The normalized spacial score (nSPS) is 12.5. The summed E-state index contributed by atoms with van der Waals surface area (Å²) >= 11 is 13.7. The highest BCUT2D eigenvalue weighted by Gasteiger charge is 2.18. The summed E-state index contributed by atoms with van der Waals surface area (Å²) < 4.78 is 6.94. The van der Waals surface area contributed by atoms with Gasteiger partial charge in [-0.05, 0) is 37.6 Å². The Labute approximate surface area is 165 Å². The molecule has 1 atom stereocenters. The molecule has 1 N–H and O–H groups in total. The smallest absolute Gasteiger partial charge is 0.261 e. The van der Waals surface area contributed by atoms with E-state index in [1.54, 1.807) is 19.2 Å². The molecule has 0 saturated heterocycles. The standard InChI is InChI=1S/C18H19Cl2N3O2S/c1-10(9-25-3)21-17(24)16-7-14-11(2)22-23(18(14)26-16)8-12-4-5-13(19)6-15(12)20/h4-7,10H,8-9H2,1-3H3,(H,21,24). The molecule has 0 spiro atoms. The number of thiophene rings is 1. The van der Waals surface area contributed by atoms with E-state index in [0.29, 0.717) is 28.1 Å². The van der Waals surface area contributed by atoms with Gasteiger partial charge in [-0.15, -0.1) is 11.3 Å². The van der Waals surface area contributed by atoms with E-state index in [1.807, 2.05) is 30.7 Å². The summed E-state index contributed by atoms with van der Waals surface area (Å²) in [7, 11) is 1.61. The lowest BCUT2D eigenvalue weighted by Crippen LogP contribution is -2.35. The fraction of sp³-hybridized carbons (Fsp3) is 0.333. The molecule has 2 heterocycles. The quantitative estimate of drug-likeness (QED) is 0.648. The Hall–Kier alpha value is -1.60. The Morgan fingerprint density at radius 1 is 1.38 bits per heavy atom. The molecule has 3 aromatic rings. The van der Waals surface area contributed by atoms with Crippen molar-refractivity contribution in [3.05, 3.63) is 50.4 Å². The number of amides is 1. The molecule has 1 unspecified atom stereocenters. The maximum Gasteiger partial charge on any atom is 0.261 e. The monoisotopic (exact) mass is 411 g/mol. The summed E-state index contributed by atoms with van der Waals surface area (Å²) in [5.41, 5.74) is 1.80. The summed E-state index contributed by atoms with van der Waals surface area (Å²) in [6.07, 6.45) is 0. The molecule has 2 aromatic heterocycles. The van der Waals surface area contributed by atoms with Crippen LogP contribution in [0.25, 0.3) is 10.2 Å². The van der Waals surface area contributed by atoms with Gasteiger partial charge in [0.05, 0.1) is 23.7 Å². The predicted molar refractivity (Wildman–Crippen MR) is 107 cm³/mol. The van der Waals surface area contributed by atoms with Crippen LogP contribution in [-0.2, 0) is 11.3 Å². The number of nitrogens with zero attached hydrogens (tertiary/aromatic N) is 2. The lowest BCUT2D eigenvalue weighted by atomic mass is 10.2. The molecule has 0 saturated carbocycles. The topological polar surface area (TPSA) is 56.1 Å². The van der Waals surface area contributed by atoms with Gasteiger partial charge >= 0.3 is 0 Å². The third kappa shape index (κ3) is 4.04. The largest absolute Gasteiger partial charge is 0.383 e. The van der Waals surface area contributed by atoms with Crippen molar-refractivity contribution in [2.45, 2.75) is 26.4 Å². The first-order chi connectivity index (χ1) is 12.4. The second-order valence-corrected chi connectivity index (χ2v) is 8.01. The lowest BCUT2D eigenvalue weighted by molar-refractivity contribution is 0.0909. The molecule has 138 valence electrons. The summed E-state index contributed by atoms with van der Waals surface area (Å²) in [5.74, 6) is -0.105. The lowest BCUT2D eigenvalue weighted by Gasteiger charge is -2.11. The minimum Gasteiger partial charge on any atom is -0.383 e. The van der Waals surface area contributed by atoms with Crippen LogP contribution in [0.3, 0.4) is 0 Å². The van der Waals surface area contributed by atoms with Gasteiger partial charge in [0.15, 0.2) is 0 Å². The van der Waals surface area contributed by atoms with Gasteiger partial charge in [0.25, 0.3) is 5.91 Å². The molecular weight excluding hydrogens is 393 g/mol. The van der Waals surface area contributed by atoms with Gasteiger partial charge in [0.2, 0.25) is 0 Å². The molecule has 1 amide bonds. The highest BCUT2D eigenvalue weighted by molar-refractivity contribution is 7.20. The van der Waals surface area contributed by atoms with Crippen LogP contribution in [0.1, 0.15) is 27.9 Å². The molecule has 0 aliphatic carbocycles. The molecule has 26 heavy (non-hydrogen) atoms. The van der Waals surface area contributed by atoms with E-state index in [2.05, 4.69) is 10.4 Å². The SMILES string of the molecule is COCC(C)NC(=O)c1cc2c(C)nn(Cc3ccc(Cl)cc3Cl)c2s1. The van der Waals surface area contributed by atoms with Crippen molar-refractivity contribution in [2.75, 3.05) is 13.7 Å². The van der Waals surface area contributed by atoms with Crippen molar-refractivity contribution in [1.29, 1.82) is 0 Å². The van der Waals surface area contributed by atoms with Gasteiger partial charge in [-0.3, -0.25) is 9.48 Å². The molecule has 8 heteroatoms. The molecule has 0 aliphatic rings. The number of hydrogen-bond acceptors (Lipinski definition) is 4. The Morgan fingerprint density at radius 2 is 2.15 bits per heavy atom. The minimum atomic E-state index is -0.105. The first-order valence-corrected chi connectivity index (χ1v) is 9.67. The number of benzene rings is 1. The number of carbonyl (C=O) groups is 1. The maximum atomic E-state index is 12.4. The number of carbonyl (C=O) groups excluding carboxylic acids is 1. The van der Waals surface area contributed by atoms with E-state index in [0.717, 1.165) is 21.5 Å². The highest BCUT2D eigenvalue weighted by atomic mass is 35.5. The molecule has 5 nitrogen and oxygen atoms in total. The van der Waals surface area contributed by atoms with Crippen molar-refractivity contribution in [3.8, 4) is 0 Å². The van der Waals surface area contributed by atoms with Crippen LogP contribution in [-0.4, -0.2) is 35.4 Å². The number of hydrogen-bond donors (Lipinski definition) is 1. The number of rotatable bonds is 6. The first-order valence-electron chi connectivity index (χ1n) is 8.09. The zero-order valence-electron chi connectivity index (χ0n) is 14.7. The van der Waals surface area contributed by atoms with Crippen LogP contribution >= 0.6 is 34.5 Å². The Balaban J connectivity index is 1.88. The van der Waals surface area contributed by atoms with Crippen molar-refractivity contribution in [3.63, 3.8) is 0 Å². The van der Waals surface area contributed by atoms with Crippen LogP contribution < -0.4 is 5.32 Å². The molecular formula is C18H19Cl2N3O2S. The molecule has 3 rings (SSSR count). The van der Waals surface area contributed by atoms with Gasteiger partial charge in [-0.1, -0.05) is 29.3 Å². The van der Waals surface area contributed by atoms with Gasteiger partial charge in [0, 0.05) is 28.6 Å². The zero-order valence-corrected chi connectivity index (χ0v) is 17.0. The third-order valence-corrected chi connectivity index (χ3v) is 5.69. The average Bonchev–Trinajstić information content (AvgIpc) is 3.12. The van der Waals surface area contributed by atoms with Gasteiger partial charge in [-0.25, -0.2) is 0 Å². The number of fused-ring (bicyclic) bond motifs is 1. The highest BCUT2D eigenvalue weighted by Crippen LogP contribution is 2.30. The second kappa shape index (κ2) is 7.96. The first kappa shape index (κ1) is 19.2. The van der Waals surface area contributed by atoms with E-state index >= 15 is 0 Å². The zero-order chi connectivity index (χ0) is 18.8. The molecule has 0 fully saturated rings. The fourth-order valence-electron chi connectivity index (χ4n) is 2.73. The van der Waals surface area contributed by atoms with Crippen LogP contribution in [0.4, 0.5) is 0 Å². The van der Waals surface area contributed by atoms with Crippen molar-refractivity contribution in [2.24, 2.45) is 0 Å². The van der Waals surface area contributed by atoms with Gasteiger partial charge in [0.1, 0.15) is 4.83 Å². The Bertz CT molecular complexity index is 951. The number of halogens is 2. The van der Waals surface area contributed by atoms with Crippen LogP contribution in [0, 0.1) is 6.92 Å². The third-order valence-electron chi connectivity index (χ3n) is 3.96. The Kier molecular flexibility index (Phi) is 5.87. The molecule has 0 bridgehead atoms. The molecule has 1 aromatic carbocycles. The number of methoxy groups -OCH3 is 1. The number of ether oxygens (including phenoxy) is 1. The number of aromatic nitrogens is 2. The average molecular weight is 412 g/mol. The van der Waals surface area contributed by atoms with E-state index in [9.17, 15) is 4.79 Å². The van der Waals surface area contributed by atoms with E-state index in [-0.39, 0.29) is 11.9 Å². The van der Waals surface area contributed by atoms with Crippen molar-refractivity contribution >= 4 is 50.7 Å². The van der Waals surface area contributed by atoms with Crippen molar-refractivity contribution in [1.82, 2.24) is 15.1 Å². The van der Waals surface area contributed by atoms with Gasteiger partial charge < -0.3 is 10.1 Å². The second-order valence-electron chi connectivity index (χ2n) is 6.14. The summed E-state index contributed by atoms with van der Waals surface area (Å²) in [6.45, 7) is 4.83. The van der Waals surface area contributed by atoms with E-state index < -0.39 is 0 Å². The summed E-state index contributed by atoms with van der Waals surface area (Å²) in [4.78, 5) is 14.0. The van der Waals surface area contributed by atoms with Crippen LogP contribution in [0.15, 0.2) is 24.3 Å². The number of aryl methyl sites for hydroxylation is 1. The van der Waals surface area contributed by atoms with Crippen molar-refractivity contribution < 1.29 is 9.53 Å². The number of nitrogens with one attached hydrogen (secondary N) is 1. The molecule has 0 radical (unpaired) electrons. The fourth-order valence-corrected chi connectivity index (χ4v) is 4.26. The van der Waals surface area contributed by atoms with E-state index in [4.69, 9.17) is 27.9 Å². The maximum absolute atomic E-state index is 12.4. The predicted octanol–water partition coefficient (Wildman–Crippen LogP) is 4.53. The summed E-state index contributed by atoms with van der Waals surface area (Å²) in [5, 5.41) is 9.69. The summed E-state index contributed by atoms with van der Waals surface area (Å²) in [6, 6.07) is 7.25. The minimum absolute atomic E-state index is 0.0526. The van der Waals surface area contributed by atoms with Crippen LogP contribution in [0.5, 0.6) is 0 Å². The molecule has 0 aliphatic heterocycles. The van der Waals surface area contributed by atoms with Crippen LogP contribution in [0.2, 0.25) is 10.0 Å². The Morgan fingerprint density at radius 3 is 2.85 bits per heavy atom. The van der Waals surface area contributed by atoms with E-state index in [1.165, 1.54) is 11.3 Å².